The Morgan fingerprint density at radius 2 is 2.14 bits per heavy atom. The van der Waals surface area contributed by atoms with E-state index >= 15 is 0 Å². The van der Waals surface area contributed by atoms with E-state index < -0.39 is 6.04 Å². The van der Waals surface area contributed by atoms with Crippen molar-refractivity contribution >= 4 is 39.3 Å². The summed E-state index contributed by atoms with van der Waals surface area (Å²) in [6.45, 7) is 1.64. The van der Waals surface area contributed by atoms with E-state index in [-0.39, 0.29) is 11.8 Å². The van der Waals surface area contributed by atoms with Crippen LogP contribution in [0.4, 0.5) is 0 Å². The lowest BCUT2D eigenvalue weighted by Crippen LogP contribution is -2.59. The highest BCUT2D eigenvalue weighted by molar-refractivity contribution is 9.10. The quantitative estimate of drug-likeness (QED) is 0.855. The van der Waals surface area contributed by atoms with Gasteiger partial charge in [0.1, 0.15) is 6.04 Å². The third kappa shape index (κ3) is 3.56. The van der Waals surface area contributed by atoms with E-state index in [0.29, 0.717) is 30.2 Å². The molecule has 1 atom stereocenters. The monoisotopic (exact) mass is 373 g/mol. The Balaban J connectivity index is 2.26. The molecule has 0 spiro atoms. The molecule has 1 aromatic carbocycles. The number of likely N-dealkylation sites (N-methyl/N-ethyl adjacent to an activating group) is 1. The minimum absolute atomic E-state index is 0.0845. The molecule has 1 fully saturated rings. The van der Waals surface area contributed by atoms with Crippen molar-refractivity contribution in [2.45, 2.75) is 6.04 Å². The summed E-state index contributed by atoms with van der Waals surface area (Å²) in [7, 11) is 3.38. The summed E-state index contributed by atoms with van der Waals surface area (Å²) in [5, 5.41) is 3.63. The molecule has 1 aliphatic rings. The Bertz CT molecular complexity index is 565. The zero-order valence-corrected chi connectivity index (χ0v) is 14.2. The average Bonchev–Trinajstić information content (AvgIpc) is 2.48. The molecule has 1 aliphatic heterocycles. The van der Waals surface area contributed by atoms with Gasteiger partial charge in [-0.25, -0.2) is 0 Å². The van der Waals surface area contributed by atoms with Crippen LogP contribution in [0, 0.1) is 0 Å². The summed E-state index contributed by atoms with van der Waals surface area (Å²) < 4.78 is 0.738. The molecule has 0 saturated carbocycles. The fourth-order valence-corrected chi connectivity index (χ4v) is 2.69. The molecule has 0 aliphatic carbocycles. The van der Waals surface area contributed by atoms with Crippen LogP contribution in [0.3, 0.4) is 0 Å². The number of amides is 2. The number of hydrogen-bond donors (Lipinski definition) is 1. The van der Waals surface area contributed by atoms with Gasteiger partial charge in [0.25, 0.3) is 5.91 Å². The summed E-state index contributed by atoms with van der Waals surface area (Å²) in [6, 6.07) is 4.58. The molecule has 7 heteroatoms. The Morgan fingerprint density at radius 3 is 2.76 bits per heavy atom. The van der Waals surface area contributed by atoms with Crippen LogP contribution in [0.5, 0.6) is 0 Å². The Morgan fingerprint density at radius 1 is 1.43 bits per heavy atom. The van der Waals surface area contributed by atoms with Crippen LogP contribution in [-0.4, -0.2) is 61.4 Å². The van der Waals surface area contributed by atoms with Crippen LogP contribution in [0.15, 0.2) is 22.7 Å². The van der Waals surface area contributed by atoms with Gasteiger partial charge in [-0.3, -0.25) is 9.59 Å². The third-order valence-corrected chi connectivity index (χ3v) is 4.63. The molecule has 21 heavy (non-hydrogen) atoms. The molecule has 1 N–H and O–H groups in total. The summed E-state index contributed by atoms with van der Waals surface area (Å²) in [5.41, 5.74) is 0.488. The lowest BCUT2D eigenvalue weighted by molar-refractivity contribution is -0.134. The Labute approximate surface area is 137 Å². The van der Waals surface area contributed by atoms with Gasteiger partial charge >= 0.3 is 0 Å². The molecule has 2 amide bonds. The molecule has 2 rings (SSSR count). The minimum Gasteiger partial charge on any atom is -0.347 e. The molecule has 1 heterocycles. The van der Waals surface area contributed by atoms with Crippen molar-refractivity contribution in [2.75, 3.05) is 33.7 Å². The second-order valence-electron chi connectivity index (χ2n) is 5.08. The predicted molar refractivity (Wildman–Crippen MR) is 85.5 cm³/mol. The normalized spacial score (nSPS) is 18.5. The number of nitrogens with one attached hydrogen (secondary N) is 1. The molecule has 1 saturated heterocycles. The minimum atomic E-state index is -0.483. The van der Waals surface area contributed by atoms with Crippen molar-refractivity contribution in [3.63, 3.8) is 0 Å². The van der Waals surface area contributed by atoms with Crippen LogP contribution in [0.1, 0.15) is 10.4 Å². The van der Waals surface area contributed by atoms with E-state index in [1.165, 1.54) is 4.90 Å². The van der Waals surface area contributed by atoms with Gasteiger partial charge in [0.15, 0.2) is 0 Å². The Kier molecular flexibility index (Phi) is 5.24. The molecular weight excluding hydrogens is 358 g/mol. The van der Waals surface area contributed by atoms with Gasteiger partial charge in [-0.05, 0) is 34.1 Å². The van der Waals surface area contributed by atoms with Gasteiger partial charge in [0.05, 0.1) is 5.02 Å². The zero-order chi connectivity index (χ0) is 15.6. The number of nitrogens with zero attached hydrogens (tertiary/aromatic N) is 2. The number of rotatable bonds is 2. The second-order valence-corrected chi connectivity index (χ2v) is 6.34. The number of piperazine rings is 1. The van der Waals surface area contributed by atoms with E-state index in [4.69, 9.17) is 11.6 Å². The van der Waals surface area contributed by atoms with Crippen LogP contribution in [0.2, 0.25) is 5.02 Å². The van der Waals surface area contributed by atoms with E-state index in [9.17, 15) is 9.59 Å². The zero-order valence-electron chi connectivity index (χ0n) is 11.9. The second kappa shape index (κ2) is 6.77. The predicted octanol–water partition coefficient (Wildman–Crippen LogP) is 1.60. The van der Waals surface area contributed by atoms with Crippen molar-refractivity contribution in [3.05, 3.63) is 33.3 Å². The van der Waals surface area contributed by atoms with Gasteiger partial charge in [0, 0.05) is 43.8 Å². The highest BCUT2D eigenvalue weighted by Gasteiger charge is 2.33. The molecule has 1 aromatic rings. The molecule has 1 unspecified atom stereocenters. The van der Waals surface area contributed by atoms with E-state index in [1.807, 2.05) is 0 Å². The van der Waals surface area contributed by atoms with Crippen LogP contribution in [0.25, 0.3) is 0 Å². The smallest absolute Gasteiger partial charge is 0.254 e. The lowest BCUT2D eigenvalue weighted by Gasteiger charge is -2.36. The average molecular weight is 375 g/mol. The molecule has 5 nitrogen and oxygen atoms in total. The summed E-state index contributed by atoms with van der Waals surface area (Å²) in [5.74, 6) is -0.259. The van der Waals surface area contributed by atoms with E-state index in [1.54, 1.807) is 37.2 Å². The number of hydrogen-bond acceptors (Lipinski definition) is 3. The fourth-order valence-electron chi connectivity index (χ4n) is 2.26. The van der Waals surface area contributed by atoms with Gasteiger partial charge < -0.3 is 15.1 Å². The maximum atomic E-state index is 12.7. The maximum absolute atomic E-state index is 12.7. The topological polar surface area (TPSA) is 52.7 Å². The van der Waals surface area contributed by atoms with Gasteiger partial charge in [0.2, 0.25) is 5.91 Å². The van der Waals surface area contributed by atoms with E-state index in [0.717, 1.165) is 4.47 Å². The lowest BCUT2D eigenvalue weighted by atomic mass is 10.1. The van der Waals surface area contributed by atoms with E-state index in [2.05, 4.69) is 21.2 Å². The Hall–Kier alpha value is -1.11. The van der Waals surface area contributed by atoms with Crippen molar-refractivity contribution in [3.8, 4) is 0 Å². The highest BCUT2D eigenvalue weighted by atomic mass is 79.9. The first-order valence-corrected chi connectivity index (χ1v) is 7.77. The fraction of sp³-hybridized carbons (Fsp3) is 0.429. The van der Waals surface area contributed by atoms with Crippen molar-refractivity contribution < 1.29 is 9.59 Å². The summed E-state index contributed by atoms with van der Waals surface area (Å²) >= 11 is 9.34. The summed E-state index contributed by atoms with van der Waals surface area (Å²) in [6.07, 6.45) is 0. The van der Waals surface area contributed by atoms with Gasteiger partial charge in [-0.1, -0.05) is 11.6 Å². The first-order valence-electron chi connectivity index (χ1n) is 6.59. The first-order chi connectivity index (χ1) is 9.91. The molecule has 0 bridgehead atoms. The SMILES string of the molecule is CN(C)C(=O)C1CNCCN1C(=O)c1ccc(Br)c(Cl)c1. The van der Waals surface area contributed by atoms with Crippen molar-refractivity contribution in [1.82, 2.24) is 15.1 Å². The van der Waals surface area contributed by atoms with Crippen molar-refractivity contribution in [2.24, 2.45) is 0 Å². The first kappa shape index (κ1) is 16.3. The van der Waals surface area contributed by atoms with Gasteiger partial charge in [-0.15, -0.1) is 0 Å². The molecule has 0 radical (unpaired) electrons. The number of halogens is 2. The van der Waals surface area contributed by atoms with Crippen LogP contribution >= 0.6 is 27.5 Å². The maximum Gasteiger partial charge on any atom is 0.254 e. The molecular formula is C14H17BrClN3O2. The van der Waals surface area contributed by atoms with Crippen LogP contribution in [-0.2, 0) is 4.79 Å². The molecule has 114 valence electrons. The molecule has 0 aromatic heterocycles. The number of carbonyl (C=O) groups is 2. The summed E-state index contributed by atoms with van der Waals surface area (Å²) in [4.78, 5) is 28.0. The largest absolute Gasteiger partial charge is 0.347 e. The highest BCUT2D eigenvalue weighted by Crippen LogP contribution is 2.24. The number of benzene rings is 1. The van der Waals surface area contributed by atoms with Gasteiger partial charge in [-0.2, -0.15) is 0 Å². The van der Waals surface area contributed by atoms with Crippen molar-refractivity contribution in [1.29, 1.82) is 0 Å². The standard InChI is InChI=1S/C14H17BrClN3O2/c1-18(2)14(21)12-8-17-5-6-19(12)13(20)9-3-4-10(15)11(16)7-9/h3-4,7,12,17H,5-6,8H2,1-2H3. The number of carbonyl (C=O) groups excluding carboxylic acids is 2. The third-order valence-electron chi connectivity index (χ3n) is 3.40. The van der Waals surface area contributed by atoms with Crippen LogP contribution < -0.4 is 5.32 Å².